The molecule has 0 N–H and O–H groups in total. The fraction of sp³-hybridized carbons (Fsp3) is 0.167. The summed E-state index contributed by atoms with van der Waals surface area (Å²) in [5.41, 5.74) is -0.134. The van der Waals surface area contributed by atoms with Gasteiger partial charge < -0.3 is 0 Å². The third-order valence-electron chi connectivity index (χ3n) is 3.72. The van der Waals surface area contributed by atoms with Crippen LogP contribution in [0, 0.1) is 11.6 Å². The first-order chi connectivity index (χ1) is 12.4. The lowest BCUT2D eigenvalue weighted by molar-refractivity contribution is 0.0993. The number of nitrogens with zero attached hydrogens (tertiary/aromatic N) is 2. The molecule has 0 aliphatic rings. The number of Topliss-reactive ketones (excluding diaryl/α,β-unsaturated/α-hetero) is 1. The molecule has 1 unspecified atom stereocenters. The Morgan fingerprint density at radius 1 is 1.38 bits per heavy atom. The number of thioether (sulfide) groups is 1. The number of hydrogen-bond acceptors (Lipinski definition) is 5. The van der Waals surface area contributed by atoms with Crippen molar-refractivity contribution in [3.63, 3.8) is 0 Å². The summed E-state index contributed by atoms with van der Waals surface area (Å²) < 4.78 is 27.9. The predicted molar refractivity (Wildman–Crippen MR) is 100 cm³/mol. The fourth-order valence-electron chi connectivity index (χ4n) is 2.41. The highest BCUT2D eigenvalue weighted by Crippen LogP contribution is 2.26. The van der Waals surface area contributed by atoms with Crippen LogP contribution in [0.15, 0.2) is 52.3 Å². The lowest BCUT2D eigenvalue weighted by Gasteiger charge is -2.14. The maximum absolute atomic E-state index is 13.4. The molecule has 2 aromatic heterocycles. The van der Waals surface area contributed by atoms with E-state index < -0.39 is 16.9 Å². The summed E-state index contributed by atoms with van der Waals surface area (Å²) in [4.78, 5) is 30.2. The molecule has 0 saturated heterocycles. The molecule has 8 heteroatoms. The molecule has 0 amide bonds. The molecule has 0 radical (unpaired) electrons. The average Bonchev–Trinajstić information content (AvgIpc) is 3.08. The number of ketones is 1. The zero-order chi connectivity index (χ0) is 18.8. The molecule has 0 aliphatic carbocycles. The Bertz CT molecular complexity index is 1060. The number of rotatable bonds is 6. The molecule has 0 aliphatic heterocycles. The average molecular weight is 392 g/mol. The summed E-state index contributed by atoms with van der Waals surface area (Å²) in [7, 11) is 0. The molecular weight excluding hydrogens is 378 g/mol. The van der Waals surface area contributed by atoms with Crippen molar-refractivity contribution >= 4 is 39.1 Å². The van der Waals surface area contributed by atoms with Gasteiger partial charge in [-0.25, -0.2) is 13.8 Å². The van der Waals surface area contributed by atoms with Crippen LogP contribution in [0.5, 0.6) is 0 Å². The normalized spacial score (nSPS) is 12.3. The number of aromatic nitrogens is 2. The highest BCUT2D eigenvalue weighted by atomic mass is 32.2. The number of allylic oxidation sites excluding steroid dienone is 1. The Kier molecular flexibility index (Phi) is 5.33. The number of hydrogen-bond donors (Lipinski definition) is 0. The van der Waals surface area contributed by atoms with E-state index >= 15 is 0 Å². The molecule has 26 heavy (non-hydrogen) atoms. The van der Waals surface area contributed by atoms with Gasteiger partial charge in [0.2, 0.25) is 0 Å². The van der Waals surface area contributed by atoms with Crippen LogP contribution in [0.4, 0.5) is 8.78 Å². The zero-order valence-electron chi connectivity index (χ0n) is 13.7. The zero-order valence-corrected chi connectivity index (χ0v) is 15.4. The standard InChI is InChI=1S/C18H14F2N2O2S2/c1-3-7-22-17(24)12-6-8-25-16(12)21-18(22)26-10(2)15(23)11-4-5-13(19)14(20)9-11/h3-6,8-10H,1,7H2,2H3. The number of halogens is 2. The summed E-state index contributed by atoms with van der Waals surface area (Å²) in [6.45, 7) is 5.54. The van der Waals surface area contributed by atoms with Crippen LogP contribution < -0.4 is 5.56 Å². The molecule has 1 aromatic carbocycles. The Balaban J connectivity index is 1.95. The summed E-state index contributed by atoms with van der Waals surface area (Å²) in [5, 5.41) is 2.04. The maximum Gasteiger partial charge on any atom is 0.263 e. The van der Waals surface area contributed by atoms with Crippen LogP contribution >= 0.6 is 23.1 Å². The van der Waals surface area contributed by atoms with Gasteiger partial charge in [-0.3, -0.25) is 14.2 Å². The lowest BCUT2D eigenvalue weighted by atomic mass is 10.1. The maximum atomic E-state index is 13.4. The van der Waals surface area contributed by atoms with Crippen molar-refractivity contribution in [3.05, 3.63) is 69.9 Å². The van der Waals surface area contributed by atoms with Crippen LogP contribution in [0.1, 0.15) is 17.3 Å². The number of fused-ring (bicyclic) bond motifs is 1. The van der Waals surface area contributed by atoms with Crippen molar-refractivity contribution in [3.8, 4) is 0 Å². The van der Waals surface area contributed by atoms with Gasteiger partial charge in [0.1, 0.15) is 4.83 Å². The third-order valence-corrected chi connectivity index (χ3v) is 5.61. The SMILES string of the molecule is C=CCn1c(SC(C)C(=O)c2ccc(F)c(F)c2)nc2sccc2c1=O. The van der Waals surface area contributed by atoms with Gasteiger partial charge in [-0.05, 0) is 36.6 Å². The van der Waals surface area contributed by atoms with Crippen LogP contribution in [-0.2, 0) is 6.54 Å². The highest BCUT2D eigenvalue weighted by Gasteiger charge is 2.21. The molecular formula is C18H14F2N2O2S2. The van der Waals surface area contributed by atoms with Gasteiger partial charge in [0.15, 0.2) is 22.6 Å². The van der Waals surface area contributed by atoms with Crippen molar-refractivity contribution in [1.82, 2.24) is 9.55 Å². The van der Waals surface area contributed by atoms with Crippen molar-refractivity contribution < 1.29 is 13.6 Å². The molecule has 0 fully saturated rings. The number of benzene rings is 1. The van der Waals surface area contributed by atoms with Gasteiger partial charge >= 0.3 is 0 Å². The number of thiophene rings is 1. The quantitative estimate of drug-likeness (QED) is 0.272. The molecule has 1 atom stereocenters. The molecule has 0 bridgehead atoms. The number of carbonyl (C=O) groups is 1. The first-order valence-electron chi connectivity index (χ1n) is 7.67. The first-order valence-corrected chi connectivity index (χ1v) is 9.43. The predicted octanol–water partition coefficient (Wildman–Crippen LogP) is 4.29. The molecule has 4 nitrogen and oxygen atoms in total. The van der Waals surface area contributed by atoms with E-state index in [0.29, 0.717) is 15.4 Å². The molecule has 134 valence electrons. The molecule has 0 spiro atoms. The van der Waals surface area contributed by atoms with Crippen molar-refractivity contribution in [2.75, 3.05) is 0 Å². The second-order valence-electron chi connectivity index (χ2n) is 5.49. The molecule has 0 saturated carbocycles. The van der Waals surface area contributed by atoms with E-state index in [2.05, 4.69) is 11.6 Å². The lowest BCUT2D eigenvalue weighted by Crippen LogP contribution is -2.24. The van der Waals surface area contributed by atoms with Gasteiger partial charge in [-0.15, -0.1) is 17.9 Å². The van der Waals surface area contributed by atoms with E-state index in [1.54, 1.807) is 24.4 Å². The number of carbonyl (C=O) groups excluding carboxylic acids is 1. The largest absolute Gasteiger partial charge is 0.293 e. The topological polar surface area (TPSA) is 52.0 Å². The van der Waals surface area contributed by atoms with Gasteiger partial charge in [-0.2, -0.15) is 0 Å². The Morgan fingerprint density at radius 2 is 2.15 bits per heavy atom. The fourth-order valence-corrected chi connectivity index (χ4v) is 4.21. The second kappa shape index (κ2) is 7.51. The summed E-state index contributed by atoms with van der Waals surface area (Å²) in [5.74, 6) is -2.46. The first kappa shape index (κ1) is 18.5. The molecule has 2 heterocycles. The van der Waals surface area contributed by atoms with Crippen molar-refractivity contribution in [2.45, 2.75) is 23.9 Å². The van der Waals surface area contributed by atoms with Gasteiger partial charge in [0.05, 0.1) is 10.6 Å². The molecule has 3 rings (SSSR count). The summed E-state index contributed by atoms with van der Waals surface area (Å²) in [6.07, 6.45) is 1.58. The van der Waals surface area contributed by atoms with E-state index in [1.165, 1.54) is 22.0 Å². The van der Waals surface area contributed by atoms with Crippen molar-refractivity contribution in [2.24, 2.45) is 0 Å². The van der Waals surface area contributed by atoms with Crippen molar-refractivity contribution in [1.29, 1.82) is 0 Å². The Labute approximate surface area is 156 Å². The van der Waals surface area contributed by atoms with Crippen LogP contribution in [0.2, 0.25) is 0 Å². The smallest absolute Gasteiger partial charge is 0.263 e. The third kappa shape index (κ3) is 3.47. The van der Waals surface area contributed by atoms with E-state index in [0.717, 1.165) is 23.9 Å². The Morgan fingerprint density at radius 3 is 2.85 bits per heavy atom. The van der Waals surface area contributed by atoms with E-state index in [-0.39, 0.29) is 23.5 Å². The monoisotopic (exact) mass is 392 g/mol. The highest BCUT2D eigenvalue weighted by molar-refractivity contribution is 8.00. The van der Waals surface area contributed by atoms with Gasteiger partial charge in [-0.1, -0.05) is 17.8 Å². The van der Waals surface area contributed by atoms with Crippen LogP contribution in [0.25, 0.3) is 10.2 Å². The van der Waals surface area contributed by atoms with Crippen LogP contribution in [0.3, 0.4) is 0 Å². The second-order valence-corrected chi connectivity index (χ2v) is 7.69. The minimum atomic E-state index is -1.07. The van der Waals surface area contributed by atoms with E-state index in [1.807, 2.05) is 0 Å². The van der Waals surface area contributed by atoms with Gasteiger partial charge in [0, 0.05) is 12.1 Å². The van der Waals surface area contributed by atoms with Gasteiger partial charge in [0.25, 0.3) is 5.56 Å². The summed E-state index contributed by atoms with van der Waals surface area (Å²) in [6, 6.07) is 4.74. The van der Waals surface area contributed by atoms with E-state index in [4.69, 9.17) is 0 Å². The van der Waals surface area contributed by atoms with Crippen LogP contribution in [-0.4, -0.2) is 20.6 Å². The van der Waals surface area contributed by atoms with E-state index in [9.17, 15) is 18.4 Å². The Hall–Kier alpha value is -2.32. The minimum absolute atomic E-state index is 0.0683. The molecule has 3 aromatic rings. The summed E-state index contributed by atoms with van der Waals surface area (Å²) >= 11 is 2.44. The minimum Gasteiger partial charge on any atom is -0.293 e.